The Morgan fingerprint density at radius 3 is 1.26 bits per heavy atom. The number of nitrogens with zero attached hydrogens (tertiary/aromatic N) is 4. The number of amides is 2. The van der Waals surface area contributed by atoms with Crippen molar-refractivity contribution in [2.45, 2.75) is 25.2 Å². The van der Waals surface area contributed by atoms with Gasteiger partial charge in [0.1, 0.15) is 0 Å². The molecule has 12 heteroatoms. The Kier molecular flexibility index (Phi) is 8.45. The van der Waals surface area contributed by atoms with E-state index in [0.29, 0.717) is 37.1 Å². The normalized spacial score (nSPS) is 19.6. The van der Waals surface area contributed by atoms with Gasteiger partial charge in [-0.15, -0.1) is 0 Å². The zero-order valence-corrected chi connectivity index (χ0v) is 18.7. The van der Waals surface area contributed by atoms with Gasteiger partial charge in [0.15, 0.2) is 0 Å². The van der Waals surface area contributed by atoms with Gasteiger partial charge in [0.25, 0.3) is 11.8 Å². The highest BCUT2D eigenvalue weighted by molar-refractivity contribution is 5.97. The van der Waals surface area contributed by atoms with Crippen LogP contribution in [0.2, 0.25) is 0 Å². The predicted octanol–water partition coefficient (Wildman–Crippen LogP) is 3.11. The van der Waals surface area contributed by atoms with Crippen molar-refractivity contribution in [3.8, 4) is 0 Å². The van der Waals surface area contributed by atoms with E-state index in [-0.39, 0.29) is 51.1 Å². The van der Waals surface area contributed by atoms with Crippen molar-refractivity contribution in [3.05, 3.63) is 35.4 Å². The lowest BCUT2D eigenvalue weighted by molar-refractivity contribution is -0.146. The van der Waals surface area contributed by atoms with Gasteiger partial charge in [0.2, 0.25) is 0 Å². The van der Waals surface area contributed by atoms with E-state index in [1.807, 2.05) is 0 Å². The SMILES string of the molecule is O=C(c1ccc(C(=O)N2CCCN(CC(F)(F)F)CC2)cc1)N1CCCN(CC(F)(F)F)CC1. The number of rotatable bonds is 4. The molecule has 190 valence electrons. The van der Waals surface area contributed by atoms with Crippen molar-refractivity contribution in [2.24, 2.45) is 0 Å². The van der Waals surface area contributed by atoms with Gasteiger partial charge in [-0.1, -0.05) is 0 Å². The number of benzene rings is 1. The Bertz CT molecular complexity index is 774. The Labute approximate surface area is 194 Å². The molecule has 0 radical (unpaired) electrons. The van der Waals surface area contributed by atoms with Gasteiger partial charge in [0, 0.05) is 63.5 Å². The summed E-state index contributed by atoms with van der Waals surface area (Å²) in [6.45, 7) is -0.196. The maximum atomic E-state index is 12.8. The third kappa shape index (κ3) is 7.86. The first-order valence-electron chi connectivity index (χ1n) is 11.2. The van der Waals surface area contributed by atoms with Crippen LogP contribution in [0.4, 0.5) is 26.3 Å². The largest absolute Gasteiger partial charge is 0.401 e. The van der Waals surface area contributed by atoms with E-state index in [2.05, 4.69) is 0 Å². The minimum atomic E-state index is -4.29. The standard InChI is InChI=1S/C22H28F6N4O2/c23-21(24,25)15-29-7-1-9-31(13-11-29)19(33)17-3-5-18(6-4-17)20(34)32-10-2-8-30(12-14-32)16-22(26,27)28/h3-6H,1-2,7-16H2. The van der Waals surface area contributed by atoms with Crippen LogP contribution in [0.25, 0.3) is 0 Å². The van der Waals surface area contributed by atoms with E-state index in [9.17, 15) is 35.9 Å². The number of hydrogen-bond acceptors (Lipinski definition) is 4. The summed E-state index contributed by atoms with van der Waals surface area (Å²) in [6.07, 6.45) is -7.71. The number of halogens is 6. The van der Waals surface area contributed by atoms with Gasteiger partial charge in [-0.2, -0.15) is 26.3 Å². The first kappa shape index (κ1) is 26.3. The Balaban J connectivity index is 1.56. The van der Waals surface area contributed by atoms with Crippen LogP contribution in [0.15, 0.2) is 24.3 Å². The quantitative estimate of drug-likeness (QED) is 0.604. The zero-order chi connectivity index (χ0) is 24.9. The first-order chi connectivity index (χ1) is 15.9. The smallest absolute Gasteiger partial charge is 0.337 e. The summed E-state index contributed by atoms with van der Waals surface area (Å²) in [5, 5.41) is 0. The number of carbonyl (C=O) groups is 2. The summed E-state index contributed by atoms with van der Waals surface area (Å²) < 4.78 is 75.8. The lowest BCUT2D eigenvalue weighted by Crippen LogP contribution is -2.39. The summed E-state index contributed by atoms with van der Waals surface area (Å²) >= 11 is 0. The lowest BCUT2D eigenvalue weighted by atomic mass is 10.1. The molecule has 0 N–H and O–H groups in total. The minimum Gasteiger partial charge on any atom is -0.337 e. The summed E-state index contributed by atoms with van der Waals surface area (Å²) in [5.41, 5.74) is 0.654. The molecule has 1 aromatic carbocycles. The predicted molar refractivity (Wildman–Crippen MR) is 112 cm³/mol. The van der Waals surface area contributed by atoms with Crippen LogP contribution in [-0.4, -0.2) is 109 Å². The van der Waals surface area contributed by atoms with Gasteiger partial charge in [-0.3, -0.25) is 19.4 Å². The van der Waals surface area contributed by atoms with E-state index in [1.54, 1.807) is 0 Å². The third-order valence-electron chi connectivity index (χ3n) is 5.94. The molecule has 2 heterocycles. The molecule has 0 unspecified atom stereocenters. The van der Waals surface area contributed by atoms with Gasteiger partial charge in [-0.05, 0) is 37.1 Å². The fourth-order valence-electron chi connectivity index (χ4n) is 4.29. The zero-order valence-electron chi connectivity index (χ0n) is 18.7. The summed E-state index contributed by atoms with van der Waals surface area (Å²) in [4.78, 5) is 31.2. The van der Waals surface area contributed by atoms with E-state index in [0.717, 1.165) is 0 Å². The molecule has 0 aromatic heterocycles. The maximum absolute atomic E-state index is 12.8. The fourth-order valence-corrected chi connectivity index (χ4v) is 4.29. The summed E-state index contributed by atoms with van der Waals surface area (Å²) in [5.74, 6) is -0.629. The van der Waals surface area contributed by atoms with Crippen LogP contribution in [0.3, 0.4) is 0 Å². The molecular weight excluding hydrogens is 466 g/mol. The Morgan fingerprint density at radius 2 is 0.941 bits per heavy atom. The van der Waals surface area contributed by atoms with Crippen molar-refractivity contribution in [2.75, 3.05) is 65.4 Å². The van der Waals surface area contributed by atoms with Crippen molar-refractivity contribution < 1.29 is 35.9 Å². The Hall–Kier alpha value is -2.34. The molecule has 0 saturated carbocycles. The Morgan fingerprint density at radius 1 is 0.588 bits per heavy atom. The van der Waals surface area contributed by atoms with Gasteiger partial charge < -0.3 is 9.80 Å². The van der Waals surface area contributed by atoms with Crippen LogP contribution in [0.5, 0.6) is 0 Å². The van der Waals surface area contributed by atoms with Crippen LogP contribution >= 0.6 is 0 Å². The minimum absolute atomic E-state index is 0.127. The molecule has 2 aliphatic rings. The van der Waals surface area contributed by atoms with Crippen molar-refractivity contribution in [1.82, 2.24) is 19.6 Å². The molecule has 0 spiro atoms. The average Bonchev–Trinajstić information content (AvgIpc) is 3.11. The van der Waals surface area contributed by atoms with Crippen LogP contribution in [0, 0.1) is 0 Å². The lowest BCUT2D eigenvalue weighted by Gasteiger charge is -2.23. The molecule has 3 rings (SSSR count). The number of hydrogen-bond donors (Lipinski definition) is 0. The second kappa shape index (κ2) is 10.9. The highest BCUT2D eigenvalue weighted by Gasteiger charge is 2.33. The first-order valence-corrected chi connectivity index (χ1v) is 11.2. The molecular formula is C22H28F6N4O2. The van der Waals surface area contributed by atoms with Crippen molar-refractivity contribution in [3.63, 3.8) is 0 Å². The van der Waals surface area contributed by atoms with E-state index >= 15 is 0 Å². The van der Waals surface area contributed by atoms with Gasteiger partial charge in [0.05, 0.1) is 13.1 Å². The molecule has 0 atom stereocenters. The average molecular weight is 494 g/mol. The van der Waals surface area contributed by atoms with Crippen LogP contribution in [0.1, 0.15) is 33.6 Å². The molecule has 0 aliphatic carbocycles. The fraction of sp³-hybridized carbons (Fsp3) is 0.636. The molecule has 34 heavy (non-hydrogen) atoms. The summed E-state index contributed by atoms with van der Waals surface area (Å²) in [6, 6.07) is 6.01. The highest BCUT2D eigenvalue weighted by atomic mass is 19.4. The monoisotopic (exact) mass is 494 g/mol. The second-order valence-electron chi connectivity index (χ2n) is 8.65. The molecule has 6 nitrogen and oxygen atoms in total. The van der Waals surface area contributed by atoms with E-state index < -0.39 is 25.4 Å². The van der Waals surface area contributed by atoms with Crippen molar-refractivity contribution >= 4 is 11.8 Å². The number of alkyl halides is 6. The summed E-state index contributed by atoms with van der Waals surface area (Å²) in [7, 11) is 0. The van der Waals surface area contributed by atoms with Gasteiger partial charge >= 0.3 is 12.4 Å². The van der Waals surface area contributed by atoms with Gasteiger partial charge in [-0.25, -0.2) is 0 Å². The van der Waals surface area contributed by atoms with Crippen LogP contribution < -0.4 is 0 Å². The second-order valence-corrected chi connectivity index (χ2v) is 8.65. The molecule has 0 bridgehead atoms. The molecule has 2 fully saturated rings. The van der Waals surface area contributed by atoms with E-state index in [4.69, 9.17) is 0 Å². The maximum Gasteiger partial charge on any atom is 0.401 e. The third-order valence-corrected chi connectivity index (χ3v) is 5.94. The molecule has 2 saturated heterocycles. The number of carbonyl (C=O) groups excluding carboxylic acids is 2. The molecule has 2 aliphatic heterocycles. The molecule has 1 aromatic rings. The molecule has 2 amide bonds. The highest BCUT2D eigenvalue weighted by Crippen LogP contribution is 2.20. The van der Waals surface area contributed by atoms with Crippen LogP contribution in [-0.2, 0) is 0 Å². The van der Waals surface area contributed by atoms with E-state index in [1.165, 1.54) is 43.9 Å². The van der Waals surface area contributed by atoms with Crippen molar-refractivity contribution in [1.29, 1.82) is 0 Å². The topological polar surface area (TPSA) is 47.1 Å².